The molecule has 0 saturated heterocycles. The molecule has 1 saturated carbocycles. The highest BCUT2D eigenvalue weighted by molar-refractivity contribution is 7.99. The second kappa shape index (κ2) is 7.71. The summed E-state index contributed by atoms with van der Waals surface area (Å²) < 4.78 is 7.07. The normalized spacial score (nSPS) is 14.3. The van der Waals surface area contributed by atoms with E-state index < -0.39 is 0 Å². The monoisotopic (exact) mass is 392 g/mol. The summed E-state index contributed by atoms with van der Waals surface area (Å²) in [5.41, 5.74) is 5.87. The van der Waals surface area contributed by atoms with E-state index in [0.717, 1.165) is 24.4 Å². The third-order valence-corrected chi connectivity index (χ3v) is 5.11. The Morgan fingerprint density at radius 3 is 2.70 bits per heavy atom. The Hall–Kier alpha value is -2.36. The van der Waals surface area contributed by atoms with E-state index in [-0.39, 0.29) is 29.4 Å². The Balaban J connectivity index is 1.60. The Morgan fingerprint density at radius 2 is 2.11 bits per heavy atom. The fraction of sp³-hybridized carbons (Fsp3) is 0.588. The van der Waals surface area contributed by atoms with Gasteiger partial charge in [0.25, 0.3) is 0 Å². The first-order valence-electron chi connectivity index (χ1n) is 8.85. The van der Waals surface area contributed by atoms with Gasteiger partial charge in [0.1, 0.15) is 5.82 Å². The Kier molecular flexibility index (Phi) is 5.54. The van der Waals surface area contributed by atoms with Gasteiger partial charge in [-0.3, -0.25) is 14.9 Å². The van der Waals surface area contributed by atoms with Crippen molar-refractivity contribution in [1.82, 2.24) is 19.9 Å². The number of amides is 2. The lowest BCUT2D eigenvalue weighted by Gasteiger charge is -2.12. The summed E-state index contributed by atoms with van der Waals surface area (Å²) in [7, 11) is 0. The molecule has 1 fully saturated rings. The van der Waals surface area contributed by atoms with Crippen molar-refractivity contribution in [3.05, 3.63) is 17.6 Å². The number of hydrogen-bond acceptors (Lipinski definition) is 7. The van der Waals surface area contributed by atoms with Gasteiger partial charge in [0.15, 0.2) is 5.16 Å². The smallest absolute Gasteiger partial charge is 0.237 e. The summed E-state index contributed by atoms with van der Waals surface area (Å²) in [4.78, 5) is 23.3. The molecular formula is C17H24N6O3S. The molecule has 1 aliphatic rings. The van der Waals surface area contributed by atoms with Crippen LogP contribution in [-0.4, -0.2) is 37.5 Å². The van der Waals surface area contributed by atoms with Gasteiger partial charge in [0.2, 0.25) is 17.7 Å². The minimum atomic E-state index is -0.376. The van der Waals surface area contributed by atoms with Crippen LogP contribution in [0.5, 0.6) is 0 Å². The second-order valence-electron chi connectivity index (χ2n) is 7.65. The lowest BCUT2D eigenvalue weighted by atomic mass is 9.92. The molecule has 3 rings (SSSR count). The first-order chi connectivity index (χ1) is 12.7. The van der Waals surface area contributed by atoms with Crippen LogP contribution in [0.2, 0.25) is 0 Å². The summed E-state index contributed by atoms with van der Waals surface area (Å²) in [5.74, 6) is 1.11. The minimum Gasteiger partial charge on any atom is -0.370 e. The molecule has 0 atom stereocenters. The number of aromatic nitrogens is 4. The molecule has 0 radical (unpaired) electrons. The van der Waals surface area contributed by atoms with Gasteiger partial charge in [-0.15, -0.1) is 10.2 Å². The van der Waals surface area contributed by atoms with Crippen molar-refractivity contribution in [1.29, 1.82) is 0 Å². The number of rotatable bonds is 8. The molecule has 0 aromatic carbocycles. The van der Waals surface area contributed by atoms with Crippen molar-refractivity contribution < 1.29 is 14.1 Å². The van der Waals surface area contributed by atoms with Crippen LogP contribution in [0.3, 0.4) is 0 Å². The highest BCUT2D eigenvalue weighted by atomic mass is 32.2. The van der Waals surface area contributed by atoms with Crippen LogP contribution in [0.25, 0.3) is 0 Å². The molecule has 27 heavy (non-hydrogen) atoms. The van der Waals surface area contributed by atoms with Crippen LogP contribution < -0.4 is 11.1 Å². The third kappa shape index (κ3) is 5.09. The molecule has 2 amide bonds. The van der Waals surface area contributed by atoms with Gasteiger partial charge >= 0.3 is 0 Å². The van der Waals surface area contributed by atoms with Crippen molar-refractivity contribution >= 4 is 29.5 Å². The average molecular weight is 392 g/mol. The average Bonchev–Trinajstić information content (AvgIpc) is 3.16. The van der Waals surface area contributed by atoms with Gasteiger partial charge in [0.05, 0.1) is 11.4 Å². The predicted molar refractivity (Wildman–Crippen MR) is 100 cm³/mol. The first-order valence-corrected chi connectivity index (χ1v) is 9.84. The van der Waals surface area contributed by atoms with Crippen molar-refractivity contribution in [3.63, 3.8) is 0 Å². The van der Waals surface area contributed by atoms with E-state index in [1.807, 2.05) is 25.3 Å². The van der Waals surface area contributed by atoms with Gasteiger partial charge in [-0.2, -0.15) is 0 Å². The van der Waals surface area contributed by atoms with E-state index >= 15 is 0 Å². The number of nitrogens with one attached hydrogen (secondary N) is 1. The van der Waals surface area contributed by atoms with Gasteiger partial charge in [-0.1, -0.05) is 37.7 Å². The molecule has 2 aromatic heterocycles. The highest BCUT2D eigenvalue weighted by Gasteiger charge is 2.30. The maximum Gasteiger partial charge on any atom is 0.237 e. The maximum absolute atomic E-state index is 12.2. The number of hydrogen-bond donors (Lipinski definition) is 2. The fourth-order valence-corrected chi connectivity index (χ4v) is 3.25. The molecule has 9 nitrogen and oxygen atoms in total. The Labute approximate surface area is 161 Å². The molecule has 2 aromatic rings. The van der Waals surface area contributed by atoms with Gasteiger partial charge < -0.3 is 14.8 Å². The van der Waals surface area contributed by atoms with E-state index in [4.69, 9.17) is 10.3 Å². The molecule has 1 aliphatic carbocycles. The lowest BCUT2D eigenvalue weighted by molar-refractivity contribution is -0.118. The number of thioether (sulfide) groups is 1. The predicted octanol–water partition coefficient (Wildman–Crippen LogP) is 2.05. The van der Waals surface area contributed by atoms with Crippen LogP contribution in [0.4, 0.5) is 5.88 Å². The number of anilines is 1. The zero-order chi connectivity index (χ0) is 19.6. The standard InChI is InChI=1S/C17H24N6O3S/c1-17(2,3)11-8-14(26-22-11)19-13(25)9-27-16-21-20-15(10-4-5-10)23(16)7-6-12(18)24/h8,10H,4-7,9H2,1-3H3,(H2,18,24)(H,19,25). The van der Waals surface area contributed by atoms with Crippen LogP contribution in [0, 0.1) is 0 Å². The van der Waals surface area contributed by atoms with Crippen LogP contribution in [-0.2, 0) is 21.5 Å². The Bertz CT molecular complexity index is 834. The lowest BCUT2D eigenvalue weighted by Crippen LogP contribution is -2.17. The number of primary amides is 1. The fourth-order valence-electron chi connectivity index (χ4n) is 2.47. The third-order valence-electron chi connectivity index (χ3n) is 4.14. The molecule has 10 heteroatoms. The van der Waals surface area contributed by atoms with E-state index in [9.17, 15) is 9.59 Å². The van der Waals surface area contributed by atoms with Crippen LogP contribution in [0.1, 0.15) is 57.5 Å². The largest absolute Gasteiger partial charge is 0.370 e. The topological polar surface area (TPSA) is 129 Å². The minimum absolute atomic E-state index is 0.144. The quantitative estimate of drug-likeness (QED) is 0.658. The van der Waals surface area contributed by atoms with Crippen molar-refractivity contribution in [3.8, 4) is 0 Å². The van der Waals surface area contributed by atoms with Crippen LogP contribution >= 0.6 is 11.8 Å². The summed E-state index contributed by atoms with van der Waals surface area (Å²) in [5, 5.41) is 15.7. The summed E-state index contributed by atoms with van der Waals surface area (Å²) in [6, 6.07) is 1.73. The number of nitrogens with zero attached hydrogens (tertiary/aromatic N) is 4. The molecule has 0 aliphatic heterocycles. The number of carbonyl (C=O) groups excluding carboxylic acids is 2. The van der Waals surface area contributed by atoms with Crippen molar-refractivity contribution in [2.45, 2.75) is 63.1 Å². The molecule has 0 spiro atoms. The maximum atomic E-state index is 12.2. The zero-order valence-electron chi connectivity index (χ0n) is 15.7. The molecule has 3 N–H and O–H groups in total. The van der Waals surface area contributed by atoms with Gasteiger partial charge in [-0.05, 0) is 12.8 Å². The van der Waals surface area contributed by atoms with Gasteiger partial charge in [-0.25, -0.2) is 0 Å². The van der Waals surface area contributed by atoms with Crippen molar-refractivity contribution in [2.24, 2.45) is 5.73 Å². The molecular weight excluding hydrogens is 368 g/mol. The van der Waals surface area contributed by atoms with Crippen LogP contribution in [0.15, 0.2) is 15.7 Å². The van der Waals surface area contributed by atoms with E-state index in [2.05, 4.69) is 20.7 Å². The molecule has 0 unspecified atom stereocenters. The van der Waals surface area contributed by atoms with E-state index in [1.54, 1.807) is 6.07 Å². The Morgan fingerprint density at radius 1 is 1.37 bits per heavy atom. The number of carbonyl (C=O) groups is 2. The highest BCUT2D eigenvalue weighted by Crippen LogP contribution is 2.40. The molecule has 0 bridgehead atoms. The summed E-state index contributed by atoms with van der Waals surface area (Å²) in [6.45, 7) is 6.48. The first kappa shape index (κ1) is 19.4. The zero-order valence-corrected chi connectivity index (χ0v) is 16.5. The van der Waals surface area contributed by atoms with Gasteiger partial charge in [0, 0.05) is 30.4 Å². The van der Waals surface area contributed by atoms with Crippen molar-refractivity contribution in [2.75, 3.05) is 11.1 Å². The summed E-state index contributed by atoms with van der Waals surface area (Å²) in [6.07, 6.45) is 2.36. The SMILES string of the molecule is CC(C)(C)c1cc(NC(=O)CSc2nnc(C3CC3)n2CCC(N)=O)on1. The summed E-state index contributed by atoms with van der Waals surface area (Å²) >= 11 is 1.27. The van der Waals surface area contributed by atoms with E-state index in [0.29, 0.717) is 23.5 Å². The number of nitrogens with two attached hydrogens (primary N) is 1. The molecule has 2 heterocycles. The van der Waals surface area contributed by atoms with E-state index in [1.165, 1.54) is 11.8 Å². The molecule has 146 valence electrons. The second-order valence-corrected chi connectivity index (χ2v) is 8.59.